The number of nitrogens with one attached hydrogen (secondary N) is 1. The van der Waals surface area contributed by atoms with Crippen LogP contribution in [0.1, 0.15) is 47.1 Å². The summed E-state index contributed by atoms with van der Waals surface area (Å²) in [6, 6.07) is 4.31. The maximum Gasteiger partial charge on any atom is 0.417 e. The maximum absolute atomic E-state index is 13.4. The van der Waals surface area contributed by atoms with Gasteiger partial charge in [-0.15, -0.1) is 0 Å². The molecule has 2 N–H and O–H groups in total. The van der Waals surface area contributed by atoms with Gasteiger partial charge in [-0.3, -0.25) is 0 Å². The minimum Gasteiger partial charge on any atom is -0.478 e. The molecule has 1 aromatic heterocycles. The number of benzene rings is 1. The molecule has 0 aliphatic rings. The summed E-state index contributed by atoms with van der Waals surface area (Å²) in [5, 5.41) is 9.20. The van der Waals surface area contributed by atoms with Gasteiger partial charge in [-0.05, 0) is 32.9 Å². The monoisotopic (exact) mass is 355 g/mol. The van der Waals surface area contributed by atoms with Crippen LogP contribution in [0.15, 0.2) is 30.5 Å². The van der Waals surface area contributed by atoms with E-state index in [1.807, 2.05) is 0 Å². The largest absolute Gasteiger partial charge is 0.478 e. The number of H-pyrrole nitrogens is 1. The Bertz CT molecular complexity index is 816. The zero-order valence-electron chi connectivity index (χ0n) is 13.7. The van der Waals surface area contributed by atoms with Crippen LogP contribution < -0.4 is 0 Å². The third-order valence-electron chi connectivity index (χ3n) is 3.22. The normalized spacial score (nSPS) is 12.1. The summed E-state index contributed by atoms with van der Waals surface area (Å²) in [5.41, 5.74) is -3.46. The number of carbonyl (C=O) groups is 2. The maximum atomic E-state index is 13.4. The Morgan fingerprint density at radius 2 is 1.76 bits per heavy atom. The minimum atomic E-state index is -4.81. The summed E-state index contributed by atoms with van der Waals surface area (Å²) in [6.07, 6.45) is -3.53. The fraction of sp³-hybridized carbons (Fsp3) is 0.294. The molecule has 134 valence electrons. The van der Waals surface area contributed by atoms with Gasteiger partial charge in [0.15, 0.2) is 0 Å². The Balaban J connectivity index is 2.75. The van der Waals surface area contributed by atoms with Crippen molar-refractivity contribution >= 4 is 11.9 Å². The molecule has 0 saturated heterocycles. The van der Waals surface area contributed by atoms with Gasteiger partial charge in [-0.1, -0.05) is 12.1 Å². The van der Waals surface area contributed by atoms with E-state index in [0.29, 0.717) is 0 Å². The molecule has 0 aliphatic heterocycles. The van der Waals surface area contributed by atoms with Crippen LogP contribution in [0.4, 0.5) is 13.2 Å². The van der Waals surface area contributed by atoms with Gasteiger partial charge in [0.2, 0.25) is 0 Å². The third kappa shape index (κ3) is 4.01. The summed E-state index contributed by atoms with van der Waals surface area (Å²) < 4.78 is 45.3. The van der Waals surface area contributed by atoms with E-state index >= 15 is 0 Å². The van der Waals surface area contributed by atoms with Crippen molar-refractivity contribution in [2.24, 2.45) is 0 Å². The Morgan fingerprint density at radius 3 is 2.28 bits per heavy atom. The van der Waals surface area contributed by atoms with Crippen LogP contribution >= 0.6 is 0 Å². The van der Waals surface area contributed by atoms with Crippen molar-refractivity contribution in [3.8, 4) is 11.3 Å². The number of aromatic carboxylic acids is 1. The van der Waals surface area contributed by atoms with Crippen LogP contribution in [0.2, 0.25) is 0 Å². The standard InChI is InChI=1S/C17H16F3NO4/c1-16(2,3)25-15(24)12-9(5-4-6-11(12)17(18,19)20)13-10(14(22)23)7-8-21-13/h4-8,21H,1-3H3,(H,22,23). The molecular weight excluding hydrogens is 339 g/mol. The first-order valence-corrected chi connectivity index (χ1v) is 7.26. The summed E-state index contributed by atoms with van der Waals surface area (Å²) in [5.74, 6) is -2.51. The lowest BCUT2D eigenvalue weighted by Gasteiger charge is -2.22. The van der Waals surface area contributed by atoms with Gasteiger partial charge < -0.3 is 14.8 Å². The first kappa shape index (κ1) is 18.6. The number of hydrogen-bond donors (Lipinski definition) is 2. The molecule has 0 fully saturated rings. The second-order valence-electron chi connectivity index (χ2n) is 6.30. The van der Waals surface area contributed by atoms with E-state index in [4.69, 9.17) is 4.74 Å². The second kappa shape index (κ2) is 6.27. The van der Waals surface area contributed by atoms with E-state index in [1.165, 1.54) is 39.1 Å². The van der Waals surface area contributed by atoms with E-state index in [0.717, 1.165) is 12.1 Å². The smallest absolute Gasteiger partial charge is 0.417 e. The summed E-state index contributed by atoms with van der Waals surface area (Å²) in [7, 11) is 0. The Morgan fingerprint density at radius 1 is 1.12 bits per heavy atom. The van der Waals surface area contributed by atoms with Crippen molar-refractivity contribution in [1.29, 1.82) is 0 Å². The van der Waals surface area contributed by atoms with E-state index < -0.39 is 34.8 Å². The fourth-order valence-electron chi connectivity index (χ4n) is 2.32. The van der Waals surface area contributed by atoms with Crippen LogP contribution in [0.5, 0.6) is 0 Å². The van der Waals surface area contributed by atoms with Gasteiger partial charge >= 0.3 is 18.1 Å². The summed E-state index contributed by atoms with van der Waals surface area (Å²) in [4.78, 5) is 26.3. The van der Waals surface area contributed by atoms with Gasteiger partial charge in [0.1, 0.15) is 5.60 Å². The van der Waals surface area contributed by atoms with Gasteiger partial charge in [-0.2, -0.15) is 13.2 Å². The molecule has 0 saturated carbocycles. The average molecular weight is 355 g/mol. The number of carboxylic acid groups (broad SMARTS) is 1. The van der Waals surface area contributed by atoms with E-state index in [-0.39, 0.29) is 16.8 Å². The molecule has 1 heterocycles. The van der Waals surface area contributed by atoms with Crippen molar-refractivity contribution in [1.82, 2.24) is 4.98 Å². The van der Waals surface area contributed by atoms with Crippen molar-refractivity contribution in [3.63, 3.8) is 0 Å². The SMILES string of the molecule is CC(C)(C)OC(=O)c1c(-c2[nH]ccc2C(=O)O)cccc1C(F)(F)F. The van der Waals surface area contributed by atoms with Gasteiger partial charge in [-0.25, -0.2) is 9.59 Å². The molecule has 0 atom stereocenters. The third-order valence-corrected chi connectivity index (χ3v) is 3.22. The number of aromatic nitrogens is 1. The first-order chi connectivity index (χ1) is 11.4. The molecule has 0 spiro atoms. The number of rotatable bonds is 3. The molecule has 25 heavy (non-hydrogen) atoms. The number of hydrogen-bond acceptors (Lipinski definition) is 3. The first-order valence-electron chi connectivity index (χ1n) is 7.26. The topological polar surface area (TPSA) is 79.4 Å². The lowest BCUT2D eigenvalue weighted by atomic mass is 9.96. The highest BCUT2D eigenvalue weighted by Crippen LogP contribution is 2.38. The number of carboxylic acids is 1. The number of halogens is 3. The van der Waals surface area contributed by atoms with E-state index in [2.05, 4.69) is 4.98 Å². The zero-order valence-corrected chi connectivity index (χ0v) is 13.7. The Hall–Kier alpha value is -2.77. The number of esters is 1. The molecule has 0 unspecified atom stereocenters. The zero-order chi connectivity index (χ0) is 19.0. The highest BCUT2D eigenvalue weighted by atomic mass is 19.4. The second-order valence-corrected chi connectivity index (χ2v) is 6.30. The lowest BCUT2D eigenvalue weighted by Crippen LogP contribution is -2.26. The van der Waals surface area contributed by atoms with Crippen molar-refractivity contribution in [3.05, 3.63) is 47.2 Å². The van der Waals surface area contributed by atoms with Crippen LogP contribution in [0, 0.1) is 0 Å². The summed E-state index contributed by atoms with van der Waals surface area (Å²) >= 11 is 0. The van der Waals surface area contributed by atoms with Crippen LogP contribution in [-0.2, 0) is 10.9 Å². The van der Waals surface area contributed by atoms with Crippen LogP contribution in [0.25, 0.3) is 11.3 Å². The quantitative estimate of drug-likeness (QED) is 0.802. The van der Waals surface area contributed by atoms with Crippen molar-refractivity contribution < 1.29 is 32.6 Å². The summed E-state index contributed by atoms with van der Waals surface area (Å²) in [6.45, 7) is 4.58. The molecular formula is C17H16F3NO4. The molecule has 0 bridgehead atoms. The lowest BCUT2D eigenvalue weighted by molar-refractivity contribution is -0.138. The van der Waals surface area contributed by atoms with Crippen molar-refractivity contribution in [2.75, 3.05) is 0 Å². The molecule has 8 heteroatoms. The molecule has 5 nitrogen and oxygen atoms in total. The molecule has 0 amide bonds. The molecule has 0 radical (unpaired) electrons. The van der Waals surface area contributed by atoms with Crippen LogP contribution in [0.3, 0.4) is 0 Å². The number of aromatic amines is 1. The number of alkyl halides is 3. The molecule has 0 aliphatic carbocycles. The minimum absolute atomic E-state index is 0.0977. The van der Waals surface area contributed by atoms with Gasteiger partial charge in [0.25, 0.3) is 0 Å². The van der Waals surface area contributed by atoms with E-state index in [1.54, 1.807) is 0 Å². The van der Waals surface area contributed by atoms with Gasteiger partial charge in [0, 0.05) is 11.8 Å². The number of ether oxygens (including phenoxy) is 1. The van der Waals surface area contributed by atoms with E-state index in [9.17, 15) is 27.9 Å². The average Bonchev–Trinajstić information content (AvgIpc) is 2.93. The van der Waals surface area contributed by atoms with Crippen LogP contribution in [-0.4, -0.2) is 27.6 Å². The fourth-order valence-corrected chi connectivity index (χ4v) is 2.32. The number of carbonyl (C=O) groups excluding carboxylic acids is 1. The molecule has 1 aromatic carbocycles. The Kier molecular flexibility index (Phi) is 4.66. The predicted molar refractivity (Wildman–Crippen MR) is 83.4 cm³/mol. The highest BCUT2D eigenvalue weighted by Gasteiger charge is 2.38. The van der Waals surface area contributed by atoms with Gasteiger partial charge in [0.05, 0.1) is 22.4 Å². The Labute approximate surface area is 141 Å². The molecule has 2 aromatic rings. The highest BCUT2D eigenvalue weighted by molar-refractivity contribution is 6.03. The predicted octanol–water partition coefficient (Wildman–Crippen LogP) is 4.35. The molecule has 2 rings (SSSR count). The van der Waals surface area contributed by atoms with Crippen molar-refractivity contribution in [2.45, 2.75) is 32.5 Å².